The van der Waals surface area contributed by atoms with E-state index in [2.05, 4.69) is 0 Å². The van der Waals surface area contributed by atoms with Crippen molar-refractivity contribution in [3.05, 3.63) is 197 Å². The second-order valence-corrected chi connectivity index (χ2v) is 17.2. The second-order valence-electron chi connectivity index (χ2n) is 13.4. The first kappa shape index (κ1) is 36.7. The fourth-order valence-electron chi connectivity index (χ4n) is 8.15. The minimum Gasteiger partial charge on any atom is -0.497 e. The van der Waals surface area contributed by atoms with Crippen LogP contribution in [-0.4, -0.2) is 43.0 Å². The average molecular weight is 776 g/mol. The van der Waals surface area contributed by atoms with Gasteiger partial charge in [-0.3, -0.25) is 14.4 Å². The zero-order chi connectivity index (χ0) is 39.0. The first-order valence-electron chi connectivity index (χ1n) is 17.9. The number of halogens is 1. The Balaban J connectivity index is 1.61. The van der Waals surface area contributed by atoms with Crippen LogP contribution in [0.5, 0.6) is 5.75 Å². The molecule has 6 aromatic rings. The molecule has 1 spiro atoms. The van der Waals surface area contributed by atoms with E-state index in [0.717, 1.165) is 21.5 Å². The second kappa shape index (κ2) is 14.8. The van der Waals surface area contributed by atoms with E-state index in [1.165, 1.54) is 19.1 Å². The predicted octanol–water partition coefficient (Wildman–Crippen LogP) is 7.23. The summed E-state index contributed by atoms with van der Waals surface area (Å²) in [5.41, 5.74) is -1.24. The third kappa shape index (κ3) is 5.58. The number of ether oxygens (including phenoxy) is 2. The predicted molar refractivity (Wildman–Crippen MR) is 222 cm³/mol. The number of fused-ring (bicyclic) bond motifs is 2. The third-order valence-electron chi connectivity index (χ3n) is 10.6. The summed E-state index contributed by atoms with van der Waals surface area (Å²) >= 11 is 6.76. The Bertz CT molecular complexity index is 2510. The number of carbonyl (C=O) groups is 4. The third-order valence-corrected chi connectivity index (χ3v) is 15.1. The summed E-state index contributed by atoms with van der Waals surface area (Å²) in [5.74, 6) is -2.43. The molecule has 1 heterocycles. The fraction of sp³-hybridized carbons (Fsp3) is 0.0851. The van der Waals surface area contributed by atoms with E-state index in [1.807, 2.05) is 121 Å². The summed E-state index contributed by atoms with van der Waals surface area (Å²) < 4.78 is 11.0. The van der Waals surface area contributed by atoms with E-state index in [0.29, 0.717) is 11.4 Å². The van der Waals surface area contributed by atoms with Gasteiger partial charge in [-0.15, -0.1) is 0 Å². The summed E-state index contributed by atoms with van der Waals surface area (Å²) in [6, 6.07) is 49.2. The summed E-state index contributed by atoms with van der Waals surface area (Å²) in [7, 11) is 2.73. The lowest BCUT2D eigenvalue weighted by Gasteiger charge is -2.32. The molecule has 1 aliphatic carbocycles. The Morgan fingerprint density at radius 1 is 0.679 bits per heavy atom. The first-order chi connectivity index (χ1) is 27.3. The van der Waals surface area contributed by atoms with Crippen LogP contribution >= 0.6 is 18.5 Å². The van der Waals surface area contributed by atoms with Crippen LogP contribution < -0.4 is 25.6 Å². The van der Waals surface area contributed by atoms with Gasteiger partial charge in [-0.2, -0.15) is 0 Å². The number of rotatable bonds is 9. The maximum Gasteiger partial charge on any atom is 0.339 e. The van der Waals surface area contributed by atoms with Crippen LogP contribution in [0.2, 0.25) is 5.02 Å². The molecule has 0 radical (unpaired) electrons. The molecule has 8 rings (SSSR count). The average Bonchev–Trinajstić information content (AvgIpc) is 3.66. The lowest BCUT2D eigenvalue weighted by molar-refractivity contribution is -0.135. The molecule has 0 saturated carbocycles. The van der Waals surface area contributed by atoms with Crippen molar-refractivity contribution in [2.24, 2.45) is 0 Å². The highest BCUT2D eigenvalue weighted by Crippen LogP contribution is 2.59. The quantitative estimate of drug-likeness (QED) is 0.0667. The van der Waals surface area contributed by atoms with E-state index in [9.17, 15) is 4.79 Å². The summed E-state index contributed by atoms with van der Waals surface area (Å²) in [5, 5.41) is 2.53. The molecule has 1 amide bonds. The van der Waals surface area contributed by atoms with Gasteiger partial charge >= 0.3 is 5.97 Å². The summed E-state index contributed by atoms with van der Waals surface area (Å²) in [4.78, 5) is 64.2. The molecule has 0 N–H and O–H groups in total. The standard InChI is InChI=1S/C47H35ClNO6P/c1-54-34-26-23-32(24-27-34)42(50)41-40(45(52)55-2)43(56(35-17-9-4-10-18-35,36-19-11-5-12-20-36)37-21-13-6-14-22-37)44(51)47(41)38-29-33(48)25-28-39(38)49(46(47)53)30-31-15-7-3-8-16-31/h3-29H,30H2,1-2H3. The molecule has 7 nitrogen and oxygen atoms in total. The molecule has 2 aliphatic rings. The minimum absolute atomic E-state index is 0.0469. The lowest BCUT2D eigenvalue weighted by atomic mass is 9.72. The molecule has 56 heavy (non-hydrogen) atoms. The summed E-state index contributed by atoms with van der Waals surface area (Å²) in [6.07, 6.45) is 0. The van der Waals surface area contributed by atoms with Gasteiger partial charge in [-0.25, -0.2) is 4.79 Å². The molecule has 0 saturated heterocycles. The number of ketones is 2. The van der Waals surface area contributed by atoms with E-state index >= 15 is 14.4 Å². The van der Waals surface area contributed by atoms with Crippen LogP contribution in [0, 0.1) is 0 Å². The smallest absolute Gasteiger partial charge is 0.339 e. The molecule has 0 bridgehead atoms. The van der Waals surface area contributed by atoms with Crippen LogP contribution in [0.25, 0.3) is 0 Å². The van der Waals surface area contributed by atoms with Crippen molar-refractivity contribution in [1.29, 1.82) is 0 Å². The van der Waals surface area contributed by atoms with Gasteiger partial charge in [-0.1, -0.05) is 133 Å². The highest BCUT2D eigenvalue weighted by atomic mass is 35.5. The van der Waals surface area contributed by atoms with Crippen molar-refractivity contribution < 1.29 is 28.7 Å². The molecule has 0 aromatic heterocycles. The number of hydrogen-bond acceptors (Lipinski definition) is 6. The molecular weight excluding hydrogens is 741 g/mol. The molecule has 1 atom stereocenters. The van der Waals surface area contributed by atoms with E-state index < -0.39 is 35.7 Å². The van der Waals surface area contributed by atoms with Crippen LogP contribution in [0.15, 0.2) is 175 Å². The van der Waals surface area contributed by atoms with Gasteiger partial charge in [0.25, 0.3) is 5.91 Å². The van der Waals surface area contributed by atoms with Gasteiger partial charge < -0.3 is 14.4 Å². The monoisotopic (exact) mass is 775 g/mol. The Kier molecular flexibility index (Phi) is 9.67. The van der Waals surface area contributed by atoms with Crippen LogP contribution in [0.1, 0.15) is 21.5 Å². The van der Waals surface area contributed by atoms with Gasteiger partial charge in [0.1, 0.15) is 5.75 Å². The number of esters is 1. The maximum atomic E-state index is 16.5. The SMILES string of the molecule is COC(=O)C1=C(C(=O)c2ccc(OC)cc2)C2(C(=O)C1=P(c1ccccc1)(c1ccccc1)c1ccccc1)C(=O)N(Cc1ccccc1)c1ccc(Cl)cc12. The number of methoxy groups -OCH3 is 2. The van der Waals surface area contributed by atoms with E-state index in [-0.39, 0.29) is 39.1 Å². The van der Waals surface area contributed by atoms with Crippen molar-refractivity contribution in [1.82, 2.24) is 0 Å². The number of anilines is 1. The fourth-order valence-corrected chi connectivity index (χ4v) is 12.9. The van der Waals surface area contributed by atoms with Crippen LogP contribution in [0.3, 0.4) is 0 Å². The van der Waals surface area contributed by atoms with E-state index in [4.69, 9.17) is 21.1 Å². The van der Waals surface area contributed by atoms with Crippen molar-refractivity contribution in [3.63, 3.8) is 0 Å². The molecule has 276 valence electrons. The number of Topliss-reactive ketones (excluding diaryl/α,β-unsaturated/α-hetero) is 2. The number of hydrogen-bond donors (Lipinski definition) is 0. The maximum absolute atomic E-state index is 16.5. The van der Waals surface area contributed by atoms with Crippen molar-refractivity contribution in [3.8, 4) is 5.75 Å². The minimum atomic E-state index is -3.44. The molecular formula is C47H35ClNO6P. The number of carbonyl (C=O) groups excluding carboxylic acids is 4. The molecule has 6 aromatic carbocycles. The van der Waals surface area contributed by atoms with Crippen LogP contribution in [0.4, 0.5) is 5.69 Å². The normalized spacial score (nSPS) is 16.3. The highest BCUT2D eigenvalue weighted by molar-refractivity contribution is 7.97. The molecule has 0 fully saturated rings. The Morgan fingerprint density at radius 3 is 1.70 bits per heavy atom. The number of amides is 1. The molecule has 1 unspecified atom stereocenters. The van der Waals surface area contributed by atoms with E-state index in [1.54, 1.807) is 42.5 Å². The zero-order valence-electron chi connectivity index (χ0n) is 30.5. The van der Waals surface area contributed by atoms with Gasteiger partial charge in [0.15, 0.2) is 17.0 Å². The first-order valence-corrected chi connectivity index (χ1v) is 20.1. The zero-order valence-corrected chi connectivity index (χ0v) is 32.2. The Labute approximate surface area is 329 Å². The molecule has 1 aliphatic heterocycles. The van der Waals surface area contributed by atoms with Crippen molar-refractivity contribution in [2.45, 2.75) is 12.0 Å². The largest absolute Gasteiger partial charge is 0.497 e. The lowest BCUT2D eigenvalue weighted by Crippen LogP contribution is -2.49. The van der Waals surface area contributed by atoms with Crippen LogP contribution in [-0.2, 0) is 31.1 Å². The molecule has 9 heteroatoms. The topological polar surface area (TPSA) is 90.0 Å². The Morgan fingerprint density at radius 2 is 1.20 bits per heavy atom. The van der Waals surface area contributed by atoms with Crippen molar-refractivity contribution >= 4 is 68.8 Å². The summed E-state index contributed by atoms with van der Waals surface area (Å²) in [6.45, 7) is -3.35. The van der Waals surface area contributed by atoms with Gasteiger partial charge in [0.2, 0.25) is 0 Å². The van der Waals surface area contributed by atoms with Crippen molar-refractivity contribution in [2.75, 3.05) is 19.1 Å². The number of nitrogens with zero attached hydrogens (tertiary/aromatic N) is 1. The van der Waals surface area contributed by atoms with Gasteiger partial charge in [-0.05, 0) is 70.8 Å². The number of benzene rings is 6. The highest BCUT2D eigenvalue weighted by Gasteiger charge is 2.67. The van der Waals surface area contributed by atoms with Gasteiger partial charge in [0.05, 0.1) is 26.3 Å². The van der Waals surface area contributed by atoms with Gasteiger partial charge in [0, 0.05) is 32.7 Å². The Hall–Kier alpha value is -6.27.